The summed E-state index contributed by atoms with van der Waals surface area (Å²) in [4.78, 5) is 4.31. The van der Waals surface area contributed by atoms with E-state index < -0.39 is 10.0 Å². The zero-order chi connectivity index (χ0) is 21.8. The summed E-state index contributed by atoms with van der Waals surface area (Å²) in [7, 11) is -3.70. The van der Waals surface area contributed by atoms with Crippen LogP contribution in [0.25, 0.3) is 0 Å². The maximum absolute atomic E-state index is 14.1. The Balaban J connectivity index is 1.46. The summed E-state index contributed by atoms with van der Waals surface area (Å²) >= 11 is 5.86. The summed E-state index contributed by atoms with van der Waals surface area (Å²) in [6.45, 7) is 2.69. The normalized spacial score (nSPS) is 16.4. The van der Waals surface area contributed by atoms with Crippen LogP contribution < -0.4 is 9.62 Å². The fourth-order valence-corrected chi connectivity index (χ4v) is 4.92. The highest BCUT2D eigenvalue weighted by Gasteiger charge is 2.29. The number of piperazine rings is 1. The third-order valence-corrected chi connectivity index (χ3v) is 7.10. The standard InChI is InChI=1S/C22H23ClFN3O3S/c23-17-7-9-18(10-8-17)31(28,29)25-16-21(22-6-3-15-30-22)27-13-11-26(12-14-27)20-5-2-1-4-19(20)24/h1-10,15,21,25H,11-14,16H2/t21-/m1/s1. The van der Waals surface area contributed by atoms with E-state index in [1.807, 2.05) is 17.0 Å². The molecule has 1 saturated heterocycles. The Bertz CT molecular complexity index is 1100. The van der Waals surface area contributed by atoms with Crippen LogP contribution in [0, 0.1) is 5.82 Å². The number of hydrogen-bond acceptors (Lipinski definition) is 5. The molecule has 6 nitrogen and oxygen atoms in total. The average molecular weight is 464 g/mol. The SMILES string of the molecule is O=S(=O)(NC[C@H](c1ccco1)N1CCN(c2ccccc2F)CC1)c1ccc(Cl)cc1. The quantitative estimate of drug-likeness (QED) is 0.575. The predicted molar refractivity (Wildman–Crippen MR) is 118 cm³/mol. The molecule has 0 radical (unpaired) electrons. The second-order valence-electron chi connectivity index (χ2n) is 7.31. The number of nitrogens with zero attached hydrogens (tertiary/aromatic N) is 2. The van der Waals surface area contributed by atoms with Gasteiger partial charge in [-0.15, -0.1) is 0 Å². The van der Waals surface area contributed by atoms with Crippen molar-refractivity contribution >= 4 is 27.3 Å². The van der Waals surface area contributed by atoms with E-state index in [0.29, 0.717) is 42.6 Å². The molecule has 3 aromatic rings. The summed E-state index contributed by atoms with van der Waals surface area (Å²) in [6, 6.07) is 16.1. The van der Waals surface area contributed by atoms with E-state index in [4.69, 9.17) is 16.0 Å². The molecule has 0 spiro atoms. The molecule has 1 fully saturated rings. The number of para-hydroxylation sites is 1. The molecular weight excluding hydrogens is 441 g/mol. The van der Waals surface area contributed by atoms with Gasteiger partial charge >= 0.3 is 0 Å². The second kappa shape index (κ2) is 9.40. The highest BCUT2D eigenvalue weighted by Crippen LogP contribution is 2.26. The van der Waals surface area contributed by atoms with Gasteiger partial charge in [0, 0.05) is 37.7 Å². The van der Waals surface area contributed by atoms with Gasteiger partial charge in [0.25, 0.3) is 0 Å². The van der Waals surface area contributed by atoms with Crippen LogP contribution in [0.2, 0.25) is 5.02 Å². The van der Waals surface area contributed by atoms with Crippen LogP contribution in [0.3, 0.4) is 0 Å². The van der Waals surface area contributed by atoms with Crippen LogP contribution in [-0.4, -0.2) is 46.0 Å². The van der Waals surface area contributed by atoms with Gasteiger partial charge < -0.3 is 9.32 Å². The number of sulfonamides is 1. The van der Waals surface area contributed by atoms with Crippen molar-refractivity contribution in [3.63, 3.8) is 0 Å². The van der Waals surface area contributed by atoms with Gasteiger partial charge in [0.2, 0.25) is 10.0 Å². The Morgan fingerprint density at radius 3 is 2.35 bits per heavy atom. The Morgan fingerprint density at radius 2 is 1.71 bits per heavy atom. The lowest BCUT2D eigenvalue weighted by Gasteiger charge is -2.39. The lowest BCUT2D eigenvalue weighted by atomic mass is 10.1. The van der Waals surface area contributed by atoms with Gasteiger partial charge in [0.1, 0.15) is 11.6 Å². The molecule has 0 bridgehead atoms. The minimum Gasteiger partial charge on any atom is -0.468 e. The topological polar surface area (TPSA) is 65.8 Å². The summed E-state index contributed by atoms with van der Waals surface area (Å²) in [6.07, 6.45) is 1.58. The third-order valence-electron chi connectivity index (χ3n) is 5.41. The summed E-state index contributed by atoms with van der Waals surface area (Å²) in [5.41, 5.74) is 0.583. The minimum atomic E-state index is -3.70. The molecule has 31 heavy (non-hydrogen) atoms. The van der Waals surface area contributed by atoms with Crippen LogP contribution in [0.5, 0.6) is 0 Å². The van der Waals surface area contributed by atoms with Crippen LogP contribution in [0.1, 0.15) is 11.8 Å². The number of hydrogen-bond donors (Lipinski definition) is 1. The molecule has 0 amide bonds. The molecule has 2 heterocycles. The first-order valence-electron chi connectivity index (χ1n) is 9.96. The predicted octanol–water partition coefficient (Wildman–Crippen LogP) is 3.91. The Morgan fingerprint density at radius 1 is 1.00 bits per heavy atom. The van der Waals surface area contributed by atoms with Crippen LogP contribution in [0.15, 0.2) is 76.2 Å². The maximum Gasteiger partial charge on any atom is 0.240 e. The van der Waals surface area contributed by atoms with E-state index in [1.165, 1.54) is 18.2 Å². The molecule has 1 aromatic heterocycles. The van der Waals surface area contributed by atoms with E-state index in [9.17, 15) is 12.8 Å². The summed E-state index contributed by atoms with van der Waals surface area (Å²) < 4.78 is 47.9. The number of anilines is 1. The number of rotatable bonds is 7. The van der Waals surface area contributed by atoms with Crippen molar-refractivity contribution in [2.45, 2.75) is 10.9 Å². The maximum atomic E-state index is 14.1. The van der Waals surface area contributed by atoms with Crippen molar-refractivity contribution in [2.75, 3.05) is 37.6 Å². The molecular formula is C22H23ClFN3O3S. The highest BCUT2D eigenvalue weighted by molar-refractivity contribution is 7.89. The van der Waals surface area contributed by atoms with Crippen molar-refractivity contribution in [3.8, 4) is 0 Å². The number of benzene rings is 2. The second-order valence-corrected chi connectivity index (χ2v) is 9.51. The van der Waals surface area contributed by atoms with E-state index in [-0.39, 0.29) is 23.3 Å². The van der Waals surface area contributed by atoms with Crippen molar-refractivity contribution in [2.24, 2.45) is 0 Å². The van der Waals surface area contributed by atoms with Crippen LogP contribution in [-0.2, 0) is 10.0 Å². The largest absolute Gasteiger partial charge is 0.468 e. The monoisotopic (exact) mass is 463 g/mol. The van der Waals surface area contributed by atoms with Crippen molar-refractivity contribution in [3.05, 3.63) is 83.5 Å². The smallest absolute Gasteiger partial charge is 0.240 e. The van der Waals surface area contributed by atoms with Gasteiger partial charge in [-0.1, -0.05) is 23.7 Å². The number of furan rings is 1. The fraction of sp³-hybridized carbons (Fsp3) is 0.273. The fourth-order valence-electron chi connectivity index (χ4n) is 3.76. The molecule has 1 N–H and O–H groups in total. The van der Waals surface area contributed by atoms with Crippen molar-refractivity contribution in [1.29, 1.82) is 0 Å². The van der Waals surface area contributed by atoms with Gasteiger partial charge in [-0.05, 0) is 48.5 Å². The summed E-state index contributed by atoms with van der Waals surface area (Å²) in [5, 5.41) is 0.472. The average Bonchev–Trinajstić information content (AvgIpc) is 3.30. The first-order valence-corrected chi connectivity index (χ1v) is 11.8. The minimum absolute atomic E-state index is 0.151. The molecule has 0 saturated carbocycles. The van der Waals surface area contributed by atoms with Gasteiger partial charge in [-0.3, -0.25) is 4.90 Å². The van der Waals surface area contributed by atoms with Crippen molar-refractivity contribution < 1.29 is 17.2 Å². The molecule has 9 heteroatoms. The Kier molecular flexibility index (Phi) is 6.62. The lowest BCUT2D eigenvalue weighted by Crippen LogP contribution is -2.50. The van der Waals surface area contributed by atoms with Crippen molar-refractivity contribution in [1.82, 2.24) is 9.62 Å². The first kappa shape index (κ1) is 21.8. The number of halogens is 2. The van der Waals surface area contributed by atoms with E-state index in [2.05, 4.69) is 9.62 Å². The Labute approximate surface area is 186 Å². The molecule has 164 valence electrons. The molecule has 4 rings (SSSR count). The number of nitrogens with one attached hydrogen (secondary N) is 1. The zero-order valence-electron chi connectivity index (χ0n) is 16.7. The highest BCUT2D eigenvalue weighted by atomic mass is 35.5. The van der Waals surface area contributed by atoms with E-state index in [0.717, 1.165) is 0 Å². The molecule has 0 aliphatic carbocycles. The molecule has 2 aromatic carbocycles. The zero-order valence-corrected chi connectivity index (χ0v) is 18.3. The third kappa shape index (κ3) is 5.10. The van der Waals surface area contributed by atoms with Gasteiger partial charge in [-0.2, -0.15) is 0 Å². The van der Waals surface area contributed by atoms with E-state index in [1.54, 1.807) is 36.6 Å². The van der Waals surface area contributed by atoms with Crippen LogP contribution >= 0.6 is 11.6 Å². The summed E-state index contributed by atoms with van der Waals surface area (Å²) in [5.74, 6) is 0.437. The first-order chi connectivity index (χ1) is 14.9. The Hall–Kier alpha value is -2.39. The van der Waals surface area contributed by atoms with E-state index >= 15 is 0 Å². The lowest BCUT2D eigenvalue weighted by molar-refractivity contribution is 0.166. The molecule has 0 unspecified atom stereocenters. The van der Waals surface area contributed by atoms with Gasteiger partial charge in [-0.25, -0.2) is 17.5 Å². The molecule has 1 aliphatic heterocycles. The van der Waals surface area contributed by atoms with Gasteiger partial charge in [0.05, 0.1) is 22.9 Å². The van der Waals surface area contributed by atoms with Crippen LogP contribution in [0.4, 0.5) is 10.1 Å². The molecule has 1 aliphatic rings. The molecule has 1 atom stereocenters. The van der Waals surface area contributed by atoms with Gasteiger partial charge in [0.15, 0.2) is 0 Å².